The smallest absolute Gasteiger partial charge is 1.00 e. The molecule has 12 heavy (non-hydrogen) atoms. The second-order valence-corrected chi connectivity index (χ2v) is 2.52. The second-order valence-electron chi connectivity index (χ2n) is 2.52. The van der Waals surface area contributed by atoms with E-state index in [4.69, 9.17) is 0 Å². The molecule has 0 N–H and O–H groups in total. The summed E-state index contributed by atoms with van der Waals surface area (Å²) in [5.74, 6) is 0. The Morgan fingerprint density at radius 2 is 1.25 bits per heavy atom. The van der Waals surface area contributed by atoms with E-state index < -0.39 is 0 Å². The quantitative estimate of drug-likeness (QED) is 0.413. The predicted octanol–water partition coefficient (Wildman–Crippen LogP) is -3.58. The summed E-state index contributed by atoms with van der Waals surface area (Å²) in [6.07, 6.45) is 0. The topological polar surface area (TPSA) is 0 Å². The van der Waals surface area contributed by atoms with Gasteiger partial charge < -0.3 is 24.8 Å². The number of rotatable bonds is 0. The van der Waals surface area contributed by atoms with Gasteiger partial charge in [0.15, 0.2) is 0 Å². The van der Waals surface area contributed by atoms with Crippen molar-refractivity contribution >= 4 is 0 Å². The van der Waals surface area contributed by atoms with Gasteiger partial charge in [0.25, 0.3) is 0 Å². The van der Waals surface area contributed by atoms with Gasteiger partial charge in [-0.2, -0.15) is 34.9 Å². The van der Waals surface area contributed by atoms with Crippen molar-refractivity contribution in [3.8, 4) is 0 Å². The minimum absolute atomic E-state index is 0. The van der Waals surface area contributed by atoms with Crippen LogP contribution in [0.4, 0.5) is 0 Å². The van der Waals surface area contributed by atoms with Gasteiger partial charge in [0.05, 0.1) is 0 Å². The number of benzene rings is 1. The van der Waals surface area contributed by atoms with Crippen LogP contribution in [0.3, 0.4) is 0 Å². The molecule has 0 saturated heterocycles. The molecule has 3 heteroatoms. The molecule has 0 aliphatic carbocycles. The molecule has 0 aliphatic heterocycles. The molecule has 0 amide bonds. The summed E-state index contributed by atoms with van der Waals surface area (Å²) in [6, 6.07) is 7.47. The summed E-state index contributed by atoms with van der Waals surface area (Å²) < 4.78 is 0. The van der Waals surface area contributed by atoms with Gasteiger partial charge in [-0.05, 0) is 0 Å². The first-order valence-corrected chi connectivity index (χ1v) is 3.15. The maximum atomic E-state index is 3.21. The number of aryl methyl sites for hydroxylation is 3. The van der Waals surface area contributed by atoms with Gasteiger partial charge in [-0.15, -0.1) is 0 Å². The van der Waals surface area contributed by atoms with Gasteiger partial charge in [0.2, 0.25) is 0 Å². The average Bonchev–Trinajstić information content (AvgIpc) is 1.59. The van der Waals surface area contributed by atoms with Gasteiger partial charge in [-0.25, -0.2) is 0 Å². The molecule has 0 aromatic heterocycles. The van der Waals surface area contributed by atoms with E-state index in [0.717, 1.165) is 0 Å². The SMILES string of the molecule is Cc1[c-]c(C)cc(C)c1.[Cl-].[Cl-].[Cr+3]. The molecule has 0 nitrogen and oxygen atoms in total. The van der Waals surface area contributed by atoms with Crippen LogP contribution in [-0.2, 0) is 17.4 Å². The molecular weight excluding hydrogens is 231 g/mol. The Balaban J connectivity index is -0.000000270. The first-order chi connectivity index (χ1) is 4.18. The maximum Gasteiger partial charge on any atom is 3.00 e. The van der Waals surface area contributed by atoms with Crippen molar-refractivity contribution in [2.24, 2.45) is 0 Å². The van der Waals surface area contributed by atoms with E-state index in [9.17, 15) is 0 Å². The molecule has 67 valence electrons. The second kappa shape index (κ2) is 7.95. The van der Waals surface area contributed by atoms with Crippen molar-refractivity contribution in [3.05, 3.63) is 34.9 Å². The Hall–Kier alpha value is 0.332. The zero-order valence-corrected chi connectivity index (χ0v) is 10.1. The van der Waals surface area contributed by atoms with Crippen LogP contribution in [-0.4, -0.2) is 0 Å². The van der Waals surface area contributed by atoms with Gasteiger partial charge in [-0.1, -0.05) is 20.8 Å². The molecule has 0 spiro atoms. The first-order valence-electron chi connectivity index (χ1n) is 3.15. The molecular formula is C9H11Cl2Cr. The van der Waals surface area contributed by atoms with Crippen LogP contribution >= 0.6 is 0 Å². The summed E-state index contributed by atoms with van der Waals surface area (Å²) in [6.45, 7) is 6.24. The van der Waals surface area contributed by atoms with Crippen LogP contribution in [0, 0.1) is 26.8 Å². The zero-order chi connectivity index (χ0) is 6.85. The van der Waals surface area contributed by atoms with Gasteiger partial charge in [0.1, 0.15) is 0 Å². The van der Waals surface area contributed by atoms with E-state index in [-0.39, 0.29) is 42.2 Å². The van der Waals surface area contributed by atoms with Crippen molar-refractivity contribution in [1.82, 2.24) is 0 Å². The molecule has 0 unspecified atom stereocenters. The first kappa shape index (κ1) is 18.2. The summed E-state index contributed by atoms with van der Waals surface area (Å²) in [5, 5.41) is 0. The fraction of sp³-hybridized carbons (Fsp3) is 0.333. The molecule has 0 saturated carbocycles. The van der Waals surface area contributed by atoms with Crippen LogP contribution in [0.2, 0.25) is 0 Å². The fourth-order valence-electron chi connectivity index (χ4n) is 1.11. The Bertz CT molecular complexity index is 173. The predicted molar refractivity (Wildman–Crippen MR) is 39.5 cm³/mol. The summed E-state index contributed by atoms with van der Waals surface area (Å²) in [5.41, 5.74) is 3.78. The Morgan fingerprint density at radius 1 is 0.917 bits per heavy atom. The van der Waals surface area contributed by atoms with Crippen LogP contribution in [0.5, 0.6) is 0 Å². The monoisotopic (exact) mass is 241 g/mol. The van der Waals surface area contributed by atoms with Crippen LogP contribution in [0.15, 0.2) is 12.1 Å². The number of halogens is 2. The molecule has 1 rings (SSSR count). The fourth-order valence-corrected chi connectivity index (χ4v) is 1.11. The van der Waals surface area contributed by atoms with Crippen molar-refractivity contribution in [3.63, 3.8) is 0 Å². The standard InChI is InChI=1S/C9H11.2ClH.Cr/c1-7-4-8(2)6-9(3)5-7;;;/h4-5H,1-3H3;2*1H;/q-1;;;+3/p-2. The van der Waals surface area contributed by atoms with E-state index in [0.29, 0.717) is 0 Å². The minimum Gasteiger partial charge on any atom is -1.00 e. The maximum absolute atomic E-state index is 3.21. The Morgan fingerprint density at radius 3 is 1.50 bits per heavy atom. The van der Waals surface area contributed by atoms with Crippen LogP contribution in [0.1, 0.15) is 16.7 Å². The molecule has 0 bridgehead atoms. The van der Waals surface area contributed by atoms with Crippen molar-refractivity contribution < 1.29 is 42.2 Å². The minimum atomic E-state index is 0. The number of hydrogen-bond acceptors (Lipinski definition) is 0. The van der Waals surface area contributed by atoms with E-state index >= 15 is 0 Å². The van der Waals surface area contributed by atoms with Crippen molar-refractivity contribution in [1.29, 1.82) is 0 Å². The molecule has 0 fully saturated rings. The number of hydrogen-bond donors (Lipinski definition) is 0. The van der Waals surface area contributed by atoms with Gasteiger partial charge in [-0.3, -0.25) is 0 Å². The van der Waals surface area contributed by atoms with E-state index in [1.165, 1.54) is 16.7 Å². The van der Waals surface area contributed by atoms with E-state index in [1.807, 2.05) is 0 Å². The van der Waals surface area contributed by atoms with Gasteiger partial charge >= 0.3 is 17.4 Å². The normalized spacial score (nSPS) is 7.25. The van der Waals surface area contributed by atoms with E-state index in [1.54, 1.807) is 0 Å². The molecule has 1 radical (unpaired) electrons. The van der Waals surface area contributed by atoms with Crippen molar-refractivity contribution in [2.45, 2.75) is 20.8 Å². The average molecular weight is 242 g/mol. The molecule has 0 aliphatic rings. The van der Waals surface area contributed by atoms with E-state index in [2.05, 4.69) is 39.0 Å². The van der Waals surface area contributed by atoms with Crippen LogP contribution in [0.25, 0.3) is 0 Å². The largest absolute Gasteiger partial charge is 3.00 e. The van der Waals surface area contributed by atoms with Crippen LogP contribution < -0.4 is 24.8 Å². The third-order valence-corrected chi connectivity index (χ3v) is 1.28. The third-order valence-electron chi connectivity index (χ3n) is 1.28. The summed E-state index contributed by atoms with van der Waals surface area (Å²) in [4.78, 5) is 0. The molecule has 1 aromatic carbocycles. The molecule has 1 aromatic rings. The Labute approximate surface area is 97.7 Å². The summed E-state index contributed by atoms with van der Waals surface area (Å²) >= 11 is 0. The van der Waals surface area contributed by atoms with Crippen molar-refractivity contribution in [2.75, 3.05) is 0 Å². The molecule has 0 heterocycles. The summed E-state index contributed by atoms with van der Waals surface area (Å²) in [7, 11) is 0. The Kier molecular flexibility index (Phi) is 12.1. The molecule has 0 atom stereocenters. The zero-order valence-electron chi connectivity index (χ0n) is 7.32. The van der Waals surface area contributed by atoms with Gasteiger partial charge in [0, 0.05) is 0 Å². The third kappa shape index (κ3) is 5.92.